The van der Waals surface area contributed by atoms with Gasteiger partial charge in [0.25, 0.3) is 0 Å². The molecule has 2 N–H and O–H groups in total. The molecule has 0 bridgehead atoms. The fourth-order valence-electron chi connectivity index (χ4n) is 2.18. The van der Waals surface area contributed by atoms with Crippen molar-refractivity contribution in [3.8, 4) is 11.8 Å². The van der Waals surface area contributed by atoms with Crippen molar-refractivity contribution in [2.45, 2.75) is 31.9 Å². The van der Waals surface area contributed by atoms with E-state index in [2.05, 4.69) is 5.32 Å². The van der Waals surface area contributed by atoms with E-state index in [-0.39, 0.29) is 12.3 Å². The van der Waals surface area contributed by atoms with Crippen LogP contribution in [0.15, 0.2) is 18.2 Å². The molecule has 0 aliphatic carbocycles. The Hall–Kier alpha value is -2.06. The van der Waals surface area contributed by atoms with E-state index < -0.39 is 12.1 Å². The number of nitrogens with zero attached hydrogens (tertiary/aromatic N) is 1. The Morgan fingerprint density at radius 1 is 1.63 bits per heavy atom. The Labute approximate surface area is 111 Å². The maximum atomic E-state index is 11.5. The lowest BCUT2D eigenvalue weighted by Gasteiger charge is -2.21. The van der Waals surface area contributed by atoms with E-state index in [4.69, 9.17) is 10.00 Å². The highest BCUT2D eigenvalue weighted by atomic mass is 16.5. The minimum Gasteiger partial charge on any atom is -0.493 e. The molecule has 0 saturated heterocycles. The van der Waals surface area contributed by atoms with Crippen LogP contribution in [0.5, 0.6) is 5.75 Å². The van der Waals surface area contributed by atoms with Crippen molar-refractivity contribution in [1.29, 1.82) is 5.26 Å². The van der Waals surface area contributed by atoms with Crippen molar-refractivity contribution < 1.29 is 14.6 Å². The summed E-state index contributed by atoms with van der Waals surface area (Å²) in [6.07, 6.45) is -0.517. The van der Waals surface area contributed by atoms with E-state index >= 15 is 0 Å². The summed E-state index contributed by atoms with van der Waals surface area (Å²) in [5.41, 5.74) is 1.70. The van der Waals surface area contributed by atoms with Crippen molar-refractivity contribution in [2.24, 2.45) is 0 Å². The van der Waals surface area contributed by atoms with Crippen LogP contribution in [0.4, 0.5) is 0 Å². The molecule has 0 radical (unpaired) electrons. The summed E-state index contributed by atoms with van der Waals surface area (Å²) in [5, 5.41) is 21.5. The zero-order chi connectivity index (χ0) is 13.8. The van der Waals surface area contributed by atoms with Gasteiger partial charge in [-0.3, -0.25) is 4.79 Å². The van der Waals surface area contributed by atoms with Crippen LogP contribution in [-0.4, -0.2) is 23.7 Å². The molecule has 2 atom stereocenters. The fraction of sp³-hybridized carbons (Fsp3) is 0.429. The van der Waals surface area contributed by atoms with Crippen LogP contribution >= 0.6 is 0 Å². The van der Waals surface area contributed by atoms with Gasteiger partial charge in [-0.1, -0.05) is 11.6 Å². The average molecular weight is 260 g/mol. The van der Waals surface area contributed by atoms with E-state index in [0.29, 0.717) is 24.3 Å². The molecular weight excluding hydrogens is 244 g/mol. The number of rotatable bonds is 2. The Bertz CT molecular complexity index is 522. The van der Waals surface area contributed by atoms with Crippen molar-refractivity contribution in [3.63, 3.8) is 0 Å². The first kappa shape index (κ1) is 13.4. The quantitative estimate of drug-likeness (QED) is 0.837. The normalized spacial score (nSPS) is 21.5. The Morgan fingerprint density at radius 3 is 3.16 bits per heavy atom. The van der Waals surface area contributed by atoms with E-state index in [9.17, 15) is 9.90 Å². The first-order valence-electron chi connectivity index (χ1n) is 6.19. The van der Waals surface area contributed by atoms with Crippen LogP contribution < -0.4 is 10.1 Å². The van der Waals surface area contributed by atoms with Crippen LogP contribution in [-0.2, 0) is 4.79 Å². The number of aliphatic hydroxyl groups is 1. The van der Waals surface area contributed by atoms with Gasteiger partial charge in [0.05, 0.1) is 18.7 Å². The maximum Gasteiger partial charge on any atom is 0.234 e. The number of nitriles is 1. The van der Waals surface area contributed by atoms with Crippen LogP contribution in [0.2, 0.25) is 0 Å². The van der Waals surface area contributed by atoms with E-state index in [1.54, 1.807) is 6.07 Å². The highest BCUT2D eigenvalue weighted by Gasteiger charge is 2.28. The van der Waals surface area contributed by atoms with Crippen LogP contribution in [0.3, 0.4) is 0 Å². The van der Waals surface area contributed by atoms with Crippen LogP contribution in [0, 0.1) is 18.3 Å². The van der Waals surface area contributed by atoms with Gasteiger partial charge in [0.2, 0.25) is 5.91 Å². The molecule has 1 heterocycles. The van der Waals surface area contributed by atoms with Gasteiger partial charge in [-0.25, -0.2) is 0 Å². The lowest BCUT2D eigenvalue weighted by Crippen LogP contribution is -2.39. The van der Waals surface area contributed by atoms with E-state index in [1.807, 2.05) is 25.1 Å². The molecule has 0 saturated carbocycles. The van der Waals surface area contributed by atoms with Gasteiger partial charge in [-0.2, -0.15) is 5.26 Å². The molecule has 2 unspecified atom stereocenters. The first-order chi connectivity index (χ1) is 9.11. The summed E-state index contributed by atoms with van der Waals surface area (Å²) in [7, 11) is 0. The molecule has 1 aromatic rings. The van der Waals surface area contributed by atoms with Gasteiger partial charge < -0.3 is 15.2 Å². The number of nitrogens with one attached hydrogen (secondary N) is 1. The molecule has 0 spiro atoms. The van der Waals surface area contributed by atoms with Crippen molar-refractivity contribution in [2.75, 3.05) is 6.61 Å². The third kappa shape index (κ3) is 3.04. The first-order valence-corrected chi connectivity index (χ1v) is 6.19. The predicted molar refractivity (Wildman–Crippen MR) is 68.4 cm³/mol. The highest BCUT2D eigenvalue weighted by molar-refractivity contribution is 5.78. The second-order valence-electron chi connectivity index (χ2n) is 4.63. The Kier molecular flexibility index (Phi) is 4.03. The molecule has 1 aliphatic heterocycles. The van der Waals surface area contributed by atoms with Crippen LogP contribution in [0.25, 0.3) is 0 Å². The largest absolute Gasteiger partial charge is 0.493 e. The topological polar surface area (TPSA) is 82.4 Å². The standard InChI is InChI=1S/C14H16N2O3/c1-9-2-3-12-10(8-9)14(18)11(5-7-19-12)16-13(17)4-6-15/h2-3,8,11,14,18H,4-5,7H2,1H3,(H,16,17). The summed E-state index contributed by atoms with van der Waals surface area (Å²) < 4.78 is 5.57. The summed E-state index contributed by atoms with van der Waals surface area (Å²) in [6.45, 7) is 2.35. The predicted octanol–water partition coefficient (Wildman–Crippen LogP) is 1.21. The number of ether oxygens (including phenoxy) is 1. The second-order valence-corrected chi connectivity index (χ2v) is 4.63. The number of carbonyl (C=O) groups is 1. The lowest BCUT2D eigenvalue weighted by molar-refractivity contribution is -0.121. The SMILES string of the molecule is Cc1ccc2c(c1)C(O)C(NC(=O)CC#N)CCO2. The Balaban J connectivity index is 2.20. The Morgan fingerprint density at radius 2 is 2.42 bits per heavy atom. The average Bonchev–Trinajstić information content (AvgIpc) is 2.51. The van der Waals surface area contributed by atoms with Crippen molar-refractivity contribution in [1.82, 2.24) is 5.32 Å². The molecule has 5 heteroatoms. The van der Waals surface area contributed by atoms with Gasteiger partial charge in [0, 0.05) is 12.0 Å². The smallest absolute Gasteiger partial charge is 0.234 e. The molecule has 2 rings (SSSR count). The third-order valence-electron chi connectivity index (χ3n) is 3.14. The number of hydrogen-bond acceptors (Lipinski definition) is 4. The molecule has 1 aromatic carbocycles. The molecule has 19 heavy (non-hydrogen) atoms. The molecule has 100 valence electrons. The minimum atomic E-state index is -0.819. The second kappa shape index (κ2) is 5.72. The fourth-order valence-corrected chi connectivity index (χ4v) is 2.18. The number of amides is 1. The lowest BCUT2D eigenvalue weighted by atomic mass is 9.98. The highest BCUT2D eigenvalue weighted by Crippen LogP contribution is 2.32. The maximum absolute atomic E-state index is 11.5. The van der Waals surface area contributed by atoms with Gasteiger partial charge in [-0.05, 0) is 19.1 Å². The van der Waals surface area contributed by atoms with Gasteiger partial charge in [0.1, 0.15) is 18.3 Å². The summed E-state index contributed by atoms with van der Waals surface area (Å²) in [4.78, 5) is 11.5. The van der Waals surface area contributed by atoms with Crippen LogP contribution in [0.1, 0.15) is 30.1 Å². The molecule has 5 nitrogen and oxygen atoms in total. The summed E-state index contributed by atoms with van der Waals surface area (Å²) in [6, 6.07) is 6.96. The minimum absolute atomic E-state index is 0.204. The van der Waals surface area contributed by atoms with Gasteiger partial charge in [0.15, 0.2) is 0 Å². The molecular formula is C14H16N2O3. The zero-order valence-electron chi connectivity index (χ0n) is 10.7. The number of aliphatic hydroxyl groups excluding tert-OH is 1. The van der Waals surface area contributed by atoms with Gasteiger partial charge >= 0.3 is 0 Å². The summed E-state index contributed by atoms with van der Waals surface area (Å²) >= 11 is 0. The molecule has 0 aromatic heterocycles. The zero-order valence-corrected chi connectivity index (χ0v) is 10.7. The van der Waals surface area contributed by atoms with Gasteiger partial charge in [-0.15, -0.1) is 0 Å². The summed E-state index contributed by atoms with van der Waals surface area (Å²) in [5.74, 6) is 0.276. The number of benzene rings is 1. The number of hydrogen-bond donors (Lipinski definition) is 2. The molecule has 1 amide bonds. The monoisotopic (exact) mass is 260 g/mol. The number of fused-ring (bicyclic) bond motifs is 1. The van der Waals surface area contributed by atoms with E-state index in [1.165, 1.54) is 0 Å². The van der Waals surface area contributed by atoms with Crippen molar-refractivity contribution >= 4 is 5.91 Å². The number of carbonyl (C=O) groups excluding carboxylic acids is 1. The third-order valence-corrected chi connectivity index (χ3v) is 3.14. The molecule has 1 aliphatic rings. The molecule has 0 fully saturated rings. The van der Waals surface area contributed by atoms with Crippen molar-refractivity contribution in [3.05, 3.63) is 29.3 Å². The number of aryl methyl sites for hydroxylation is 1. The van der Waals surface area contributed by atoms with E-state index in [0.717, 1.165) is 5.56 Å².